The number of nitrogens with zero attached hydrogens (tertiary/aromatic N) is 4. The van der Waals surface area contributed by atoms with Crippen molar-refractivity contribution < 1.29 is 0 Å². The molecule has 0 fully saturated rings. The zero-order chi connectivity index (χ0) is 12.8. The summed E-state index contributed by atoms with van der Waals surface area (Å²) in [7, 11) is 0. The standard InChI is InChI=1S/C15H14N4/c1-2-13-17-15-12-8-7-10-5-3-4-6-11(10)14(12)16-9-19(15)18-13/h3-6,9H,2,7-8H2,1H3. The highest BCUT2D eigenvalue weighted by molar-refractivity contribution is 5.74. The molecule has 1 aliphatic carbocycles. The van der Waals surface area contributed by atoms with Gasteiger partial charge in [-0.25, -0.2) is 14.5 Å². The maximum Gasteiger partial charge on any atom is 0.162 e. The molecule has 0 bridgehead atoms. The molecule has 0 amide bonds. The van der Waals surface area contributed by atoms with Gasteiger partial charge < -0.3 is 0 Å². The minimum Gasteiger partial charge on any atom is -0.236 e. The van der Waals surface area contributed by atoms with E-state index in [2.05, 4.69) is 46.3 Å². The highest BCUT2D eigenvalue weighted by Crippen LogP contribution is 2.33. The lowest BCUT2D eigenvalue weighted by molar-refractivity contribution is 0.847. The van der Waals surface area contributed by atoms with E-state index in [1.165, 1.54) is 16.7 Å². The molecule has 1 aliphatic rings. The van der Waals surface area contributed by atoms with E-state index in [1.807, 2.05) is 4.52 Å². The Morgan fingerprint density at radius 2 is 2.11 bits per heavy atom. The molecule has 0 N–H and O–H groups in total. The number of benzene rings is 1. The number of aryl methyl sites for hydroxylation is 3. The van der Waals surface area contributed by atoms with Gasteiger partial charge in [-0.2, -0.15) is 0 Å². The van der Waals surface area contributed by atoms with Crippen molar-refractivity contribution in [1.82, 2.24) is 19.6 Å². The number of fused-ring (bicyclic) bond motifs is 5. The molecule has 0 radical (unpaired) electrons. The number of hydrogen-bond acceptors (Lipinski definition) is 3. The third-order valence-electron chi connectivity index (χ3n) is 3.76. The Morgan fingerprint density at radius 1 is 1.21 bits per heavy atom. The Morgan fingerprint density at radius 3 is 3.00 bits per heavy atom. The number of rotatable bonds is 1. The molecule has 94 valence electrons. The summed E-state index contributed by atoms with van der Waals surface area (Å²) in [5.41, 5.74) is 5.89. The van der Waals surface area contributed by atoms with Gasteiger partial charge in [-0.1, -0.05) is 31.2 Å². The summed E-state index contributed by atoms with van der Waals surface area (Å²) in [5.74, 6) is 0.883. The van der Waals surface area contributed by atoms with Crippen LogP contribution in [0.25, 0.3) is 16.9 Å². The lowest BCUT2D eigenvalue weighted by atomic mass is 9.89. The molecule has 0 atom stereocenters. The van der Waals surface area contributed by atoms with Crippen molar-refractivity contribution in [2.75, 3.05) is 0 Å². The molecule has 19 heavy (non-hydrogen) atoms. The van der Waals surface area contributed by atoms with E-state index in [-0.39, 0.29) is 0 Å². The van der Waals surface area contributed by atoms with Crippen molar-refractivity contribution in [3.63, 3.8) is 0 Å². The molecule has 1 aromatic carbocycles. The molecule has 4 heteroatoms. The van der Waals surface area contributed by atoms with E-state index >= 15 is 0 Å². The maximum absolute atomic E-state index is 4.63. The van der Waals surface area contributed by atoms with Crippen LogP contribution in [0.5, 0.6) is 0 Å². The summed E-state index contributed by atoms with van der Waals surface area (Å²) in [6.07, 6.45) is 4.68. The molecule has 3 aromatic rings. The Labute approximate surface area is 111 Å². The van der Waals surface area contributed by atoms with Gasteiger partial charge in [-0.3, -0.25) is 0 Å². The largest absolute Gasteiger partial charge is 0.236 e. The Balaban J connectivity index is 2.02. The summed E-state index contributed by atoms with van der Waals surface area (Å²) >= 11 is 0. The normalized spacial score (nSPS) is 13.3. The topological polar surface area (TPSA) is 43.1 Å². The molecule has 4 nitrogen and oxygen atoms in total. The van der Waals surface area contributed by atoms with Gasteiger partial charge in [0, 0.05) is 17.5 Å². The van der Waals surface area contributed by atoms with Crippen LogP contribution in [0, 0.1) is 0 Å². The van der Waals surface area contributed by atoms with Gasteiger partial charge in [-0.15, -0.1) is 5.10 Å². The predicted molar refractivity (Wildman–Crippen MR) is 73.0 cm³/mol. The van der Waals surface area contributed by atoms with Crippen LogP contribution in [0.4, 0.5) is 0 Å². The molecule has 0 aliphatic heterocycles. The second-order valence-corrected chi connectivity index (χ2v) is 4.88. The van der Waals surface area contributed by atoms with Gasteiger partial charge in [-0.05, 0) is 18.4 Å². The smallest absolute Gasteiger partial charge is 0.162 e. The van der Waals surface area contributed by atoms with Crippen LogP contribution in [0.3, 0.4) is 0 Å². The first-order valence-electron chi connectivity index (χ1n) is 6.68. The molecule has 0 unspecified atom stereocenters. The van der Waals surface area contributed by atoms with E-state index in [9.17, 15) is 0 Å². The van der Waals surface area contributed by atoms with Crippen molar-refractivity contribution in [1.29, 1.82) is 0 Å². The van der Waals surface area contributed by atoms with Crippen molar-refractivity contribution in [3.8, 4) is 11.3 Å². The maximum atomic E-state index is 4.63. The van der Waals surface area contributed by atoms with Crippen LogP contribution >= 0.6 is 0 Å². The van der Waals surface area contributed by atoms with Crippen molar-refractivity contribution in [3.05, 3.63) is 47.5 Å². The predicted octanol–water partition coefficient (Wildman–Crippen LogP) is 2.45. The lowest BCUT2D eigenvalue weighted by Gasteiger charge is -2.18. The highest BCUT2D eigenvalue weighted by atomic mass is 15.3. The molecule has 0 saturated heterocycles. The molecule has 0 spiro atoms. The van der Waals surface area contributed by atoms with Gasteiger partial charge in [0.05, 0.1) is 5.69 Å². The van der Waals surface area contributed by atoms with Gasteiger partial charge in [0.15, 0.2) is 11.5 Å². The van der Waals surface area contributed by atoms with E-state index in [0.29, 0.717) is 0 Å². The van der Waals surface area contributed by atoms with Crippen LogP contribution < -0.4 is 0 Å². The van der Waals surface area contributed by atoms with Gasteiger partial charge in [0.2, 0.25) is 0 Å². The Hall–Kier alpha value is -2.23. The average Bonchev–Trinajstić information content (AvgIpc) is 2.90. The summed E-state index contributed by atoms with van der Waals surface area (Å²) < 4.78 is 1.81. The quantitative estimate of drug-likeness (QED) is 0.666. The van der Waals surface area contributed by atoms with Crippen LogP contribution in [0.15, 0.2) is 30.6 Å². The SMILES string of the molecule is CCc1nc2c3c(ncn2n1)-c1ccccc1CC3. The molecular weight excluding hydrogens is 236 g/mol. The second kappa shape index (κ2) is 3.88. The Bertz CT molecular complexity index is 773. The average molecular weight is 250 g/mol. The summed E-state index contributed by atoms with van der Waals surface area (Å²) in [6, 6.07) is 8.50. The van der Waals surface area contributed by atoms with E-state index in [1.54, 1.807) is 6.33 Å². The lowest BCUT2D eigenvalue weighted by Crippen LogP contribution is -2.08. The van der Waals surface area contributed by atoms with Crippen LogP contribution in [-0.2, 0) is 19.3 Å². The van der Waals surface area contributed by atoms with Gasteiger partial charge >= 0.3 is 0 Å². The van der Waals surface area contributed by atoms with Gasteiger partial charge in [0.25, 0.3) is 0 Å². The third kappa shape index (κ3) is 1.49. The molecule has 2 aromatic heterocycles. The summed E-state index contributed by atoms with van der Waals surface area (Å²) in [6.45, 7) is 2.07. The molecular formula is C15H14N4. The fourth-order valence-electron chi connectivity index (χ4n) is 2.79. The minimum atomic E-state index is 0.854. The fourth-order valence-corrected chi connectivity index (χ4v) is 2.79. The zero-order valence-corrected chi connectivity index (χ0v) is 10.8. The third-order valence-corrected chi connectivity index (χ3v) is 3.76. The highest BCUT2D eigenvalue weighted by Gasteiger charge is 2.20. The molecule has 2 heterocycles. The molecule has 4 rings (SSSR count). The first-order valence-corrected chi connectivity index (χ1v) is 6.68. The Kier molecular flexibility index (Phi) is 2.18. The summed E-state index contributed by atoms with van der Waals surface area (Å²) in [4.78, 5) is 9.23. The van der Waals surface area contributed by atoms with Crippen LogP contribution in [-0.4, -0.2) is 19.6 Å². The van der Waals surface area contributed by atoms with E-state index in [0.717, 1.165) is 36.4 Å². The fraction of sp³-hybridized carbons (Fsp3) is 0.267. The van der Waals surface area contributed by atoms with Crippen molar-refractivity contribution in [2.24, 2.45) is 0 Å². The van der Waals surface area contributed by atoms with Crippen LogP contribution in [0.1, 0.15) is 23.9 Å². The second-order valence-electron chi connectivity index (χ2n) is 4.88. The van der Waals surface area contributed by atoms with Gasteiger partial charge in [0.1, 0.15) is 6.33 Å². The summed E-state index contributed by atoms with van der Waals surface area (Å²) in [5, 5.41) is 4.44. The van der Waals surface area contributed by atoms with Crippen molar-refractivity contribution in [2.45, 2.75) is 26.2 Å². The van der Waals surface area contributed by atoms with E-state index < -0.39 is 0 Å². The van der Waals surface area contributed by atoms with E-state index in [4.69, 9.17) is 0 Å². The minimum absolute atomic E-state index is 0.854. The monoisotopic (exact) mass is 250 g/mol. The molecule has 0 saturated carbocycles. The van der Waals surface area contributed by atoms with Crippen molar-refractivity contribution >= 4 is 5.65 Å². The van der Waals surface area contributed by atoms with Crippen LogP contribution in [0.2, 0.25) is 0 Å². The number of aromatic nitrogens is 4. The zero-order valence-electron chi connectivity index (χ0n) is 10.8. The number of hydrogen-bond donors (Lipinski definition) is 0. The first-order chi connectivity index (χ1) is 9.36. The first kappa shape index (κ1) is 10.7.